The third-order valence-electron chi connectivity index (χ3n) is 6.16. The number of hydrogen-bond acceptors (Lipinski definition) is 1. The summed E-state index contributed by atoms with van der Waals surface area (Å²) in [6, 6.07) is 37.5. The molecule has 2 heteroatoms. The largest absolute Gasteiger partial charge is 0.309 e. The molecule has 140 valence electrons. The highest BCUT2D eigenvalue weighted by molar-refractivity contribution is 7.26. The summed E-state index contributed by atoms with van der Waals surface area (Å²) >= 11 is 1.88. The fourth-order valence-electron chi connectivity index (χ4n) is 4.87. The van der Waals surface area contributed by atoms with E-state index >= 15 is 0 Å². The van der Waals surface area contributed by atoms with Crippen LogP contribution in [-0.2, 0) is 0 Å². The average molecular weight is 400 g/mol. The zero-order valence-electron chi connectivity index (χ0n) is 16.2. The van der Waals surface area contributed by atoms with Gasteiger partial charge >= 0.3 is 0 Å². The predicted octanol–water partition coefficient (Wildman–Crippen LogP) is 8.30. The molecule has 0 aliphatic heterocycles. The highest BCUT2D eigenvalue weighted by Crippen LogP contribution is 2.41. The third kappa shape index (κ3) is 2.11. The Hall–Kier alpha value is -3.62. The maximum atomic E-state index is 2.41. The number of para-hydroxylation sites is 2. The molecule has 0 aliphatic carbocycles. The summed E-state index contributed by atoms with van der Waals surface area (Å²) in [4.78, 5) is 0. The van der Waals surface area contributed by atoms with Crippen LogP contribution in [0.25, 0.3) is 58.4 Å². The molecule has 0 bridgehead atoms. The zero-order valence-corrected chi connectivity index (χ0v) is 17.0. The van der Waals surface area contributed by atoms with E-state index in [9.17, 15) is 0 Å². The van der Waals surface area contributed by atoms with Crippen molar-refractivity contribution in [3.63, 3.8) is 0 Å². The van der Waals surface area contributed by atoms with E-state index in [1.54, 1.807) is 0 Å². The molecular weight excluding hydrogens is 382 g/mol. The van der Waals surface area contributed by atoms with Crippen molar-refractivity contribution in [1.29, 1.82) is 0 Å². The standard InChI is InChI=1S/C28H17NS/c1-2-8-19(9-3-1)29-24-12-6-4-10-20(24)23-17-22-18(16-25(23)29)14-15-27-28(22)21-11-5-7-13-26(21)30-27/h1-17H. The first kappa shape index (κ1) is 16.2. The van der Waals surface area contributed by atoms with E-state index in [2.05, 4.69) is 108 Å². The maximum absolute atomic E-state index is 2.41. The molecule has 0 N–H and O–H groups in total. The minimum Gasteiger partial charge on any atom is -0.309 e. The molecule has 0 amide bonds. The van der Waals surface area contributed by atoms with Gasteiger partial charge in [-0.25, -0.2) is 0 Å². The first-order chi connectivity index (χ1) is 14.9. The number of benzene rings is 5. The smallest absolute Gasteiger partial charge is 0.0547 e. The summed E-state index contributed by atoms with van der Waals surface area (Å²) in [7, 11) is 0. The number of rotatable bonds is 1. The van der Waals surface area contributed by atoms with Gasteiger partial charge in [-0.3, -0.25) is 0 Å². The summed E-state index contributed by atoms with van der Waals surface area (Å²) in [6.07, 6.45) is 0. The number of fused-ring (bicyclic) bond motifs is 8. The van der Waals surface area contributed by atoms with Crippen molar-refractivity contribution in [2.24, 2.45) is 0 Å². The van der Waals surface area contributed by atoms with Gasteiger partial charge in [-0.2, -0.15) is 0 Å². The van der Waals surface area contributed by atoms with Crippen LogP contribution >= 0.6 is 11.3 Å². The number of nitrogens with zero attached hydrogens (tertiary/aromatic N) is 1. The molecule has 5 aromatic carbocycles. The Morgan fingerprint density at radius 2 is 1.27 bits per heavy atom. The quantitative estimate of drug-likeness (QED) is 0.262. The van der Waals surface area contributed by atoms with E-state index in [1.807, 2.05) is 11.3 Å². The van der Waals surface area contributed by atoms with Gasteiger partial charge in [0, 0.05) is 36.6 Å². The lowest BCUT2D eigenvalue weighted by Gasteiger charge is -2.08. The Morgan fingerprint density at radius 3 is 2.17 bits per heavy atom. The van der Waals surface area contributed by atoms with Crippen molar-refractivity contribution in [3.8, 4) is 5.69 Å². The van der Waals surface area contributed by atoms with Crippen LogP contribution in [0.15, 0.2) is 103 Å². The summed E-state index contributed by atoms with van der Waals surface area (Å²) in [6.45, 7) is 0. The molecule has 30 heavy (non-hydrogen) atoms. The van der Waals surface area contributed by atoms with Crippen LogP contribution in [0.1, 0.15) is 0 Å². The molecule has 0 spiro atoms. The van der Waals surface area contributed by atoms with Crippen LogP contribution < -0.4 is 0 Å². The lowest BCUT2D eigenvalue weighted by molar-refractivity contribution is 1.18. The summed E-state index contributed by atoms with van der Waals surface area (Å²) in [5.74, 6) is 0. The lowest BCUT2D eigenvalue weighted by atomic mass is 10.0. The molecule has 0 saturated carbocycles. The van der Waals surface area contributed by atoms with Gasteiger partial charge in [0.05, 0.1) is 11.0 Å². The van der Waals surface area contributed by atoms with Gasteiger partial charge < -0.3 is 4.57 Å². The number of aromatic nitrogens is 1. The lowest BCUT2D eigenvalue weighted by Crippen LogP contribution is -1.92. The van der Waals surface area contributed by atoms with Gasteiger partial charge in [0.1, 0.15) is 0 Å². The van der Waals surface area contributed by atoms with E-state index in [4.69, 9.17) is 0 Å². The Kier molecular flexibility index (Phi) is 3.21. The van der Waals surface area contributed by atoms with Crippen molar-refractivity contribution < 1.29 is 0 Å². The van der Waals surface area contributed by atoms with Crippen LogP contribution in [0.3, 0.4) is 0 Å². The third-order valence-corrected chi connectivity index (χ3v) is 7.30. The van der Waals surface area contributed by atoms with E-state index < -0.39 is 0 Å². The Labute approximate surface area is 177 Å². The second-order valence-corrected chi connectivity index (χ2v) is 8.90. The topological polar surface area (TPSA) is 4.93 Å². The Bertz CT molecular complexity index is 1740. The predicted molar refractivity (Wildman–Crippen MR) is 131 cm³/mol. The van der Waals surface area contributed by atoms with Gasteiger partial charge in [-0.05, 0) is 53.2 Å². The summed E-state index contributed by atoms with van der Waals surface area (Å²) < 4.78 is 5.10. The van der Waals surface area contributed by atoms with Gasteiger partial charge in [-0.15, -0.1) is 11.3 Å². The number of hydrogen-bond donors (Lipinski definition) is 0. The van der Waals surface area contributed by atoms with Crippen molar-refractivity contribution in [1.82, 2.24) is 4.57 Å². The monoisotopic (exact) mass is 399 g/mol. The molecule has 0 fully saturated rings. The SMILES string of the molecule is c1ccc(-n2c3ccccc3c3cc4c(ccc5sc6ccccc6c54)cc32)cc1. The van der Waals surface area contributed by atoms with E-state index in [1.165, 1.54) is 58.4 Å². The fraction of sp³-hybridized carbons (Fsp3) is 0. The average Bonchev–Trinajstić information content (AvgIpc) is 3.34. The molecule has 0 saturated heterocycles. The van der Waals surface area contributed by atoms with Crippen molar-refractivity contribution in [2.45, 2.75) is 0 Å². The molecule has 2 aromatic heterocycles. The molecule has 1 nitrogen and oxygen atoms in total. The number of thiophene rings is 1. The minimum atomic E-state index is 1.20. The minimum absolute atomic E-state index is 1.20. The highest BCUT2D eigenvalue weighted by Gasteiger charge is 2.15. The normalized spacial score (nSPS) is 12.0. The fourth-order valence-corrected chi connectivity index (χ4v) is 5.99. The van der Waals surface area contributed by atoms with E-state index in [0.717, 1.165) is 0 Å². The van der Waals surface area contributed by atoms with Crippen molar-refractivity contribution >= 4 is 64.1 Å². The molecule has 0 atom stereocenters. The molecule has 7 aromatic rings. The second kappa shape index (κ2) is 5.94. The Balaban J connectivity index is 1.71. The maximum Gasteiger partial charge on any atom is 0.0547 e. The molecule has 0 radical (unpaired) electrons. The van der Waals surface area contributed by atoms with Crippen LogP contribution in [0.2, 0.25) is 0 Å². The second-order valence-electron chi connectivity index (χ2n) is 7.82. The van der Waals surface area contributed by atoms with Crippen LogP contribution in [0.5, 0.6) is 0 Å². The zero-order chi connectivity index (χ0) is 19.7. The van der Waals surface area contributed by atoms with Crippen molar-refractivity contribution in [3.05, 3.63) is 103 Å². The molecule has 7 rings (SSSR count). The first-order valence-electron chi connectivity index (χ1n) is 10.2. The van der Waals surface area contributed by atoms with Gasteiger partial charge in [0.15, 0.2) is 0 Å². The first-order valence-corrected chi connectivity index (χ1v) is 11.0. The van der Waals surface area contributed by atoms with Gasteiger partial charge in [-0.1, -0.05) is 60.7 Å². The van der Waals surface area contributed by atoms with Crippen LogP contribution in [0.4, 0.5) is 0 Å². The molecular formula is C28H17NS. The van der Waals surface area contributed by atoms with Crippen LogP contribution in [-0.4, -0.2) is 4.57 Å². The van der Waals surface area contributed by atoms with Gasteiger partial charge in [0.2, 0.25) is 0 Å². The summed E-state index contributed by atoms with van der Waals surface area (Å²) in [5.41, 5.74) is 3.71. The van der Waals surface area contributed by atoms with Crippen molar-refractivity contribution in [2.75, 3.05) is 0 Å². The van der Waals surface area contributed by atoms with Gasteiger partial charge in [0.25, 0.3) is 0 Å². The Morgan fingerprint density at radius 1 is 0.500 bits per heavy atom. The van der Waals surface area contributed by atoms with E-state index in [0.29, 0.717) is 0 Å². The summed E-state index contributed by atoms with van der Waals surface area (Å²) in [5, 5.41) is 7.98. The molecule has 0 unspecified atom stereocenters. The molecule has 0 aliphatic rings. The van der Waals surface area contributed by atoms with Crippen LogP contribution in [0, 0.1) is 0 Å². The molecule has 2 heterocycles. The highest BCUT2D eigenvalue weighted by atomic mass is 32.1. The van der Waals surface area contributed by atoms with E-state index in [-0.39, 0.29) is 0 Å².